The molecule has 0 spiro atoms. The molecule has 3 rings (SSSR count). The quantitative estimate of drug-likeness (QED) is 0.496. The van der Waals surface area contributed by atoms with Crippen LogP contribution in [0.1, 0.15) is 17.5 Å². The Morgan fingerprint density at radius 2 is 1.59 bits per heavy atom. The first kappa shape index (κ1) is 23.1. The van der Waals surface area contributed by atoms with E-state index >= 15 is 0 Å². The number of para-hydroxylation sites is 3. The minimum absolute atomic E-state index is 0.0670. The number of benzene rings is 3. The highest BCUT2D eigenvalue weighted by Gasteiger charge is 2.20. The standard InChI is InChI=1S/C24H26N2O5S/c1-17-8-4-6-10-21(17)31-15-14-24(27)25-19-13-12-18(2)23(16-19)32(28,29)26-20-9-5-7-11-22(20)30-3/h4-13,16,26H,14-15H2,1-3H3,(H,25,27). The largest absolute Gasteiger partial charge is 0.495 e. The van der Waals surface area contributed by atoms with Crippen LogP contribution in [0.15, 0.2) is 71.6 Å². The van der Waals surface area contributed by atoms with Crippen LogP contribution in [0.25, 0.3) is 0 Å². The van der Waals surface area contributed by atoms with Crippen molar-refractivity contribution in [1.29, 1.82) is 0 Å². The highest BCUT2D eigenvalue weighted by Crippen LogP contribution is 2.28. The van der Waals surface area contributed by atoms with E-state index in [1.54, 1.807) is 43.3 Å². The van der Waals surface area contributed by atoms with Crippen LogP contribution in [0.4, 0.5) is 11.4 Å². The van der Waals surface area contributed by atoms with Gasteiger partial charge in [-0.2, -0.15) is 0 Å². The van der Waals surface area contributed by atoms with Crippen LogP contribution in [0.5, 0.6) is 11.5 Å². The lowest BCUT2D eigenvalue weighted by Crippen LogP contribution is -2.17. The number of carbonyl (C=O) groups is 1. The summed E-state index contributed by atoms with van der Waals surface area (Å²) < 4.78 is 39.4. The van der Waals surface area contributed by atoms with Crippen LogP contribution in [-0.4, -0.2) is 28.0 Å². The molecule has 0 saturated carbocycles. The smallest absolute Gasteiger partial charge is 0.262 e. The zero-order valence-corrected chi connectivity index (χ0v) is 19.0. The summed E-state index contributed by atoms with van der Waals surface area (Å²) in [4.78, 5) is 12.4. The van der Waals surface area contributed by atoms with Gasteiger partial charge in [-0.15, -0.1) is 0 Å². The lowest BCUT2D eigenvalue weighted by atomic mass is 10.2. The van der Waals surface area contributed by atoms with Gasteiger partial charge in [0.15, 0.2) is 0 Å². The first-order valence-electron chi connectivity index (χ1n) is 10.0. The maximum absolute atomic E-state index is 13.0. The SMILES string of the molecule is COc1ccccc1NS(=O)(=O)c1cc(NC(=O)CCOc2ccccc2C)ccc1C. The molecule has 0 aliphatic heterocycles. The summed E-state index contributed by atoms with van der Waals surface area (Å²) in [5.41, 5.74) is 2.26. The highest BCUT2D eigenvalue weighted by atomic mass is 32.2. The number of hydrogen-bond acceptors (Lipinski definition) is 5. The Hall–Kier alpha value is -3.52. The zero-order valence-electron chi connectivity index (χ0n) is 18.2. The summed E-state index contributed by atoms with van der Waals surface area (Å²) in [5.74, 6) is 0.863. The van der Waals surface area contributed by atoms with Gasteiger partial charge in [-0.25, -0.2) is 8.42 Å². The molecule has 7 nitrogen and oxygen atoms in total. The predicted molar refractivity (Wildman–Crippen MR) is 125 cm³/mol. The predicted octanol–water partition coefficient (Wildman–Crippen LogP) is 4.52. The van der Waals surface area contributed by atoms with Crippen LogP contribution in [0.3, 0.4) is 0 Å². The fourth-order valence-corrected chi connectivity index (χ4v) is 4.43. The lowest BCUT2D eigenvalue weighted by molar-refractivity contribution is -0.116. The minimum atomic E-state index is -3.90. The molecule has 3 aromatic rings. The maximum atomic E-state index is 13.0. The third-order valence-electron chi connectivity index (χ3n) is 4.79. The summed E-state index contributed by atoms with van der Waals surface area (Å²) in [6.45, 7) is 3.84. The van der Waals surface area contributed by atoms with E-state index in [9.17, 15) is 13.2 Å². The van der Waals surface area contributed by atoms with Crippen molar-refractivity contribution < 1.29 is 22.7 Å². The molecule has 32 heavy (non-hydrogen) atoms. The van der Waals surface area contributed by atoms with E-state index < -0.39 is 10.0 Å². The van der Waals surface area contributed by atoms with E-state index in [4.69, 9.17) is 9.47 Å². The zero-order chi connectivity index (χ0) is 23.1. The van der Waals surface area contributed by atoms with Gasteiger partial charge < -0.3 is 14.8 Å². The molecule has 3 aromatic carbocycles. The van der Waals surface area contributed by atoms with Crippen molar-refractivity contribution in [2.24, 2.45) is 0 Å². The molecule has 0 bridgehead atoms. The van der Waals surface area contributed by atoms with Gasteiger partial charge in [-0.1, -0.05) is 36.4 Å². The van der Waals surface area contributed by atoms with Crippen molar-refractivity contribution in [2.75, 3.05) is 23.8 Å². The number of amides is 1. The van der Waals surface area contributed by atoms with Crippen molar-refractivity contribution in [3.63, 3.8) is 0 Å². The van der Waals surface area contributed by atoms with E-state index in [-0.39, 0.29) is 23.8 Å². The van der Waals surface area contributed by atoms with Crippen LogP contribution >= 0.6 is 0 Å². The Labute approximate surface area is 188 Å². The van der Waals surface area contributed by atoms with Crippen molar-refractivity contribution in [1.82, 2.24) is 0 Å². The summed E-state index contributed by atoms with van der Waals surface area (Å²) in [6, 6.07) is 19.1. The van der Waals surface area contributed by atoms with Crippen LogP contribution < -0.4 is 19.5 Å². The van der Waals surface area contributed by atoms with E-state index in [0.29, 0.717) is 22.7 Å². The molecule has 0 atom stereocenters. The number of anilines is 2. The Morgan fingerprint density at radius 3 is 2.31 bits per heavy atom. The monoisotopic (exact) mass is 454 g/mol. The third-order valence-corrected chi connectivity index (χ3v) is 6.30. The Kier molecular flexibility index (Phi) is 7.37. The molecule has 0 aliphatic rings. The van der Waals surface area contributed by atoms with Crippen LogP contribution in [0, 0.1) is 13.8 Å². The van der Waals surface area contributed by atoms with Gasteiger partial charge in [-0.3, -0.25) is 9.52 Å². The fourth-order valence-electron chi connectivity index (χ4n) is 3.09. The second-order valence-electron chi connectivity index (χ2n) is 7.20. The maximum Gasteiger partial charge on any atom is 0.262 e. The molecule has 1 amide bonds. The van der Waals surface area contributed by atoms with E-state index in [2.05, 4.69) is 10.0 Å². The van der Waals surface area contributed by atoms with Gasteiger partial charge in [0.25, 0.3) is 10.0 Å². The molecule has 0 heterocycles. The number of ether oxygens (including phenoxy) is 2. The number of nitrogens with one attached hydrogen (secondary N) is 2. The summed E-state index contributed by atoms with van der Waals surface area (Å²) in [5, 5.41) is 2.73. The molecular weight excluding hydrogens is 428 g/mol. The second-order valence-corrected chi connectivity index (χ2v) is 8.85. The minimum Gasteiger partial charge on any atom is -0.495 e. The summed E-state index contributed by atoms with van der Waals surface area (Å²) in [7, 11) is -2.43. The molecule has 0 fully saturated rings. The molecule has 0 radical (unpaired) electrons. The highest BCUT2D eigenvalue weighted by molar-refractivity contribution is 7.92. The van der Waals surface area contributed by atoms with Crippen LogP contribution in [0.2, 0.25) is 0 Å². The Morgan fingerprint density at radius 1 is 0.906 bits per heavy atom. The van der Waals surface area contributed by atoms with Crippen LogP contribution in [-0.2, 0) is 14.8 Å². The number of sulfonamides is 1. The van der Waals surface area contributed by atoms with E-state index in [0.717, 1.165) is 11.3 Å². The average Bonchev–Trinajstić information content (AvgIpc) is 2.76. The number of hydrogen-bond donors (Lipinski definition) is 2. The first-order valence-corrected chi connectivity index (χ1v) is 11.5. The average molecular weight is 455 g/mol. The van der Waals surface area contributed by atoms with Gasteiger partial charge in [0.1, 0.15) is 11.5 Å². The molecule has 0 saturated heterocycles. The Bertz CT molecular complexity index is 1210. The second kappa shape index (κ2) is 10.2. The van der Waals surface area contributed by atoms with E-state index in [1.807, 2.05) is 31.2 Å². The van der Waals surface area contributed by atoms with Gasteiger partial charge in [0.05, 0.1) is 30.7 Å². The molecule has 0 unspecified atom stereocenters. The van der Waals surface area contributed by atoms with Crippen molar-refractivity contribution in [2.45, 2.75) is 25.2 Å². The van der Waals surface area contributed by atoms with Crippen molar-refractivity contribution >= 4 is 27.3 Å². The normalized spacial score (nSPS) is 11.0. The molecular formula is C24H26N2O5S. The van der Waals surface area contributed by atoms with Crippen molar-refractivity contribution in [3.05, 3.63) is 77.9 Å². The van der Waals surface area contributed by atoms with Gasteiger partial charge >= 0.3 is 0 Å². The summed E-state index contributed by atoms with van der Waals surface area (Å²) >= 11 is 0. The van der Waals surface area contributed by atoms with Crippen molar-refractivity contribution in [3.8, 4) is 11.5 Å². The molecule has 2 N–H and O–H groups in total. The third kappa shape index (κ3) is 5.79. The first-order chi connectivity index (χ1) is 15.3. The van der Waals surface area contributed by atoms with Gasteiger partial charge in [-0.05, 0) is 55.3 Å². The fraction of sp³-hybridized carbons (Fsp3) is 0.208. The molecule has 0 aromatic heterocycles. The molecule has 8 heteroatoms. The van der Waals surface area contributed by atoms with Gasteiger partial charge in [0, 0.05) is 5.69 Å². The molecule has 168 valence electrons. The number of aryl methyl sites for hydroxylation is 2. The number of rotatable bonds is 9. The number of carbonyl (C=O) groups excluding carboxylic acids is 1. The Balaban J connectivity index is 1.68. The molecule has 0 aliphatic carbocycles. The lowest BCUT2D eigenvalue weighted by Gasteiger charge is -2.14. The topological polar surface area (TPSA) is 93.7 Å². The number of methoxy groups -OCH3 is 1. The summed E-state index contributed by atoms with van der Waals surface area (Å²) in [6.07, 6.45) is 0.129. The van der Waals surface area contributed by atoms with E-state index in [1.165, 1.54) is 13.2 Å². The van der Waals surface area contributed by atoms with Gasteiger partial charge in [0.2, 0.25) is 5.91 Å².